The number of carbonyl (C=O) groups excluding carboxylic acids is 1. The number of hydrogen-bond donors (Lipinski definition) is 2. The van der Waals surface area contributed by atoms with Crippen molar-refractivity contribution in [2.24, 2.45) is 0 Å². The van der Waals surface area contributed by atoms with Gasteiger partial charge in [-0.05, 0) is 37.1 Å². The summed E-state index contributed by atoms with van der Waals surface area (Å²) in [5.74, 6) is 1.32. The first-order valence-corrected chi connectivity index (χ1v) is 7.68. The van der Waals surface area contributed by atoms with Gasteiger partial charge in [-0.1, -0.05) is 0 Å². The quantitative estimate of drug-likeness (QED) is 0.753. The molecular weight excluding hydrogens is 306 g/mol. The van der Waals surface area contributed by atoms with Gasteiger partial charge in [0.1, 0.15) is 5.75 Å². The number of aromatic nitrogens is 4. The van der Waals surface area contributed by atoms with Crippen molar-refractivity contribution in [2.75, 3.05) is 5.32 Å². The van der Waals surface area contributed by atoms with Crippen molar-refractivity contribution in [1.29, 1.82) is 0 Å². The Bertz CT molecular complexity index is 841. The van der Waals surface area contributed by atoms with E-state index in [4.69, 9.17) is 4.74 Å². The minimum Gasteiger partial charge on any atom is -0.438 e. The monoisotopic (exact) mass is 321 g/mol. The molecule has 0 aliphatic heterocycles. The molecule has 4 rings (SSSR count). The molecule has 1 saturated carbocycles. The van der Waals surface area contributed by atoms with E-state index in [9.17, 15) is 4.79 Å². The van der Waals surface area contributed by atoms with Gasteiger partial charge in [0.2, 0.25) is 5.88 Å². The molecule has 0 radical (unpaired) electrons. The van der Waals surface area contributed by atoms with Gasteiger partial charge < -0.3 is 10.1 Å². The molecule has 7 heteroatoms. The highest BCUT2D eigenvalue weighted by molar-refractivity contribution is 6.05. The van der Waals surface area contributed by atoms with Gasteiger partial charge in [0, 0.05) is 24.0 Å². The Morgan fingerprint density at radius 2 is 2.00 bits per heavy atom. The molecule has 120 valence electrons. The predicted octanol–water partition coefficient (Wildman–Crippen LogP) is 3.12. The lowest BCUT2D eigenvalue weighted by atomic mass is 10.1. The van der Waals surface area contributed by atoms with E-state index in [1.165, 1.54) is 6.20 Å². The van der Waals surface area contributed by atoms with Crippen molar-refractivity contribution in [1.82, 2.24) is 20.2 Å². The number of aromatic amines is 1. The Morgan fingerprint density at radius 3 is 2.71 bits per heavy atom. The lowest BCUT2D eigenvalue weighted by Gasteiger charge is -2.07. The maximum atomic E-state index is 12.4. The number of nitrogens with one attached hydrogen (secondary N) is 2. The summed E-state index contributed by atoms with van der Waals surface area (Å²) in [6, 6.07) is 7.09. The van der Waals surface area contributed by atoms with E-state index in [1.54, 1.807) is 42.9 Å². The Labute approximate surface area is 138 Å². The fraction of sp³-hybridized carbons (Fsp3) is 0.176. The van der Waals surface area contributed by atoms with Crippen molar-refractivity contribution in [3.05, 3.63) is 60.3 Å². The molecule has 0 spiro atoms. The molecule has 2 aromatic heterocycles. The predicted molar refractivity (Wildman–Crippen MR) is 87.1 cm³/mol. The van der Waals surface area contributed by atoms with Crippen molar-refractivity contribution >= 4 is 11.6 Å². The molecule has 1 aliphatic rings. The van der Waals surface area contributed by atoms with Gasteiger partial charge in [0.25, 0.3) is 5.91 Å². The van der Waals surface area contributed by atoms with E-state index in [-0.39, 0.29) is 5.91 Å². The van der Waals surface area contributed by atoms with Gasteiger partial charge >= 0.3 is 0 Å². The number of ether oxygens (including phenoxy) is 1. The third-order valence-corrected chi connectivity index (χ3v) is 3.77. The minimum absolute atomic E-state index is 0.159. The summed E-state index contributed by atoms with van der Waals surface area (Å²) in [6.45, 7) is 0. The van der Waals surface area contributed by atoms with Crippen molar-refractivity contribution in [2.45, 2.75) is 18.8 Å². The van der Waals surface area contributed by atoms with E-state index in [1.807, 2.05) is 0 Å². The second kappa shape index (κ2) is 6.11. The lowest BCUT2D eigenvalue weighted by Crippen LogP contribution is -2.12. The maximum absolute atomic E-state index is 12.4. The summed E-state index contributed by atoms with van der Waals surface area (Å²) >= 11 is 0. The topological polar surface area (TPSA) is 92.8 Å². The third-order valence-electron chi connectivity index (χ3n) is 3.77. The zero-order valence-corrected chi connectivity index (χ0v) is 12.8. The fourth-order valence-electron chi connectivity index (χ4n) is 2.42. The molecule has 24 heavy (non-hydrogen) atoms. The van der Waals surface area contributed by atoms with E-state index in [0.29, 0.717) is 28.8 Å². The molecule has 1 aromatic carbocycles. The van der Waals surface area contributed by atoms with Crippen LogP contribution in [0.2, 0.25) is 0 Å². The number of H-pyrrole nitrogens is 1. The molecule has 0 bridgehead atoms. The Balaban J connectivity index is 1.43. The van der Waals surface area contributed by atoms with Crippen LogP contribution in [-0.4, -0.2) is 26.1 Å². The van der Waals surface area contributed by atoms with Crippen LogP contribution in [0, 0.1) is 0 Å². The van der Waals surface area contributed by atoms with Gasteiger partial charge in [-0.2, -0.15) is 5.10 Å². The number of benzene rings is 1. The van der Waals surface area contributed by atoms with Crippen LogP contribution in [0.1, 0.15) is 34.8 Å². The fourth-order valence-corrected chi connectivity index (χ4v) is 2.42. The highest BCUT2D eigenvalue weighted by Gasteiger charge is 2.29. The molecule has 3 aromatic rings. The number of carbonyl (C=O) groups is 1. The van der Waals surface area contributed by atoms with Gasteiger partial charge in [0.05, 0.1) is 23.7 Å². The summed E-state index contributed by atoms with van der Waals surface area (Å²) < 4.78 is 5.57. The van der Waals surface area contributed by atoms with E-state index in [0.717, 1.165) is 18.5 Å². The standard InChI is InChI=1S/C17H15N5O2/c23-17(14-9-20-22-16(14)11-1-2-11)21-12-3-5-13(6-4-12)24-15-10-18-7-8-19-15/h3-11H,1-2H2,(H,20,22)(H,21,23). The smallest absolute Gasteiger partial charge is 0.259 e. The van der Waals surface area contributed by atoms with Crippen LogP contribution in [0.15, 0.2) is 49.1 Å². The average molecular weight is 321 g/mol. The number of rotatable bonds is 5. The number of hydrogen-bond acceptors (Lipinski definition) is 5. The molecule has 2 heterocycles. The summed E-state index contributed by atoms with van der Waals surface area (Å²) in [6.07, 6.45) is 8.47. The second-order valence-electron chi connectivity index (χ2n) is 5.60. The molecule has 1 amide bonds. The van der Waals surface area contributed by atoms with Gasteiger partial charge in [-0.25, -0.2) is 4.98 Å². The molecule has 0 saturated heterocycles. The molecule has 1 fully saturated rings. The van der Waals surface area contributed by atoms with E-state index < -0.39 is 0 Å². The summed E-state index contributed by atoms with van der Waals surface area (Å²) in [5.41, 5.74) is 2.22. The third kappa shape index (κ3) is 3.10. The van der Waals surface area contributed by atoms with Gasteiger partial charge in [0.15, 0.2) is 0 Å². The van der Waals surface area contributed by atoms with Crippen LogP contribution < -0.4 is 10.1 Å². The van der Waals surface area contributed by atoms with Crippen LogP contribution in [0.3, 0.4) is 0 Å². The summed E-state index contributed by atoms with van der Waals surface area (Å²) in [4.78, 5) is 20.4. The van der Waals surface area contributed by atoms with Crippen LogP contribution in [0.5, 0.6) is 11.6 Å². The number of nitrogens with zero attached hydrogens (tertiary/aromatic N) is 3. The molecule has 2 N–H and O–H groups in total. The summed E-state index contributed by atoms with van der Waals surface area (Å²) in [5, 5.41) is 9.79. The normalized spacial score (nSPS) is 13.5. The zero-order chi connectivity index (χ0) is 16.4. The van der Waals surface area contributed by atoms with Crippen molar-refractivity contribution < 1.29 is 9.53 Å². The minimum atomic E-state index is -0.159. The Kier molecular flexibility index (Phi) is 3.66. The molecule has 0 atom stereocenters. The SMILES string of the molecule is O=C(Nc1ccc(Oc2cnccn2)cc1)c1cn[nH]c1C1CC1. The Morgan fingerprint density at radius 1 is 1.17 bits per heavy atom. The van der Waals surface area contributed by atoms with E-state index in [2.05, 4.69) is 25.5 Å². The zero-order valence-electron chi connectivity index (χ0n) is 12.8. The Hall–Kier alpha value is -3.22. The van der Waals surface area contributed by atoms with Crippen LogP contribution >= 0.6 is 0 Å². The van der Waals surface area contributed by atoms with E-state index >= 15 is 0 Å². The lowest BCUT2D eigenvalue weighted by molar-refractivity contribution is 0.102. The molecular formula is C17H15N5O2. The van der Waals surface area contributed by atoms with Crippen LogP contribution in [0.4, 0.5) is 5.69 Å². The highest BCUT2D eigenvalue weighted by Crippen LogP contribution is 2.40. The average Bonchev–Trinajstić information content (AvgIpc) is 3.34. The van der Waals surface area contributed by atoms with Crippen molar-refractivity contribution in [3.63, 3.8) is 0 Å². The molecule has 1 aliphatic carbocycles. The number of amides is 1. The summed E-state index contributed by atoms with van der Waals surface area (Å²) in [7, 11) is 0. The molecule has 7 nitrogen and oxygen atoms in total. The first kappa shape index (κ1) is 14.4. The first-order valence-electron chi connectivity index (χ1n) is 7.68. The number of anilines is 1. The van der Waals surface area contributed by atoms with Gasteiger partial charge in [-0.3, -0.25) is 14.9 Å². The first-order chi connectivity index (χ1) is 11.8. The maximum Gasteiger partial charge on any atom is 0.259 e. The van der Waals surface area contributed by atoms with Crippen LogP contribution in [-0.2, 0) is 0 Å². The molecule has 0 unspecified atom stereocenters. The van der Waals surface area contributed by atoms with Crippen LogP contribution in [0.25, 0.3) is 0 Å². The highest BCUT2D eigenvalue weighted by atomic mass is 16.5. The van der Waals surface area contributed by atoms with Gasteiger partial charge in [-0.15, -0.1) is 0 Å². The second-order valence-corrected chi connectivity index (χ2v) is 5.60. The largest absolute Gasteiger partial charge is 0.438 e. The van der Waals surface area contributed by atoms with Crippen molar-refractivity contribution in [3.8, 4) is 11.6 Å².